The van der Waals surface area contributed by atoms with Crippen molar-refractivity contribution in [2.45, 2.75) is 20.0 Å². The van der Waals surface area contributed by atoms with Gasteiger partial charge in [0.25, 0.3) is 5.91 Å². The number of anilines is 1. The molecule has 3 heterocycles. The molecule has 0 aliphatic heterocycles. The number of furan rings is 1. The van der Waals surface area contributed by atoms with E-state index in [0.717, 1.165) is 22.6 Å². The van der Waals surface area contributed by atoms with Gasteiger partial charge in [-0.1, -0.05) is 18.2 Å². The third-order valence-electron chi connectivity index (χ3n) is 4.56. The Morgan fingerprint density at radius 1 is 1.03 bits per heavy atom. The molecule has 8 heteroatoms. The highest BCUT2D eigenvalue weighted by Crippen LogP contribution is 2.13. The summed E-state index contributed by atoms with van der Waals surface area (Å²) in [6, 6.07) is 16.1. The Bertz CT molecular complexity index is 1180. The van der Waals surface area contributed by atoms with E-state index in [9.17, 15) is 9.59 Å². The Kier molecular flexibility index (Phi) is 5.47. The van der Waals surface area contributed by atoms with Gasteiger partial charge in [-0.05, 0) is 48.9 Å². The van der Waals surface area contributed by atoms with Crippen molar-refractivity contribution in [1.29, 1.82) is 0 Å². The second kappa shape index (κ2) is 8.52. The zero-order valence-electron chi connectivity index (χ0n) is 16.4. The summed E-state index contributed by atoms with van der Waals surface area (Å²) in [6.07, 6.45) is 3.36. The Hall–Kier alpha value is -4.07. The molecule has 3 aromatic heterocycles. The first-order valence-electron chi connectivity index (χ1n) is 9.47. The number of amides is 3. The Morgan fingerprint density at radius 3 is 2.67 bits per heavy atom. The maximum atomic E-state index is 12.2. The van der Waals surface area contributed by atoms with Crippen LogP contribution in [0.25, 0.3) is 5.65 Å². The molecule has 0 aliphatic carbocycles. The van der Waals surface area contributed by atoms with Gasteiger partial charge in [0.2, 0.25) is 0 Å². The van der Waals surface area contributed by atoms with Crippen molar-refractivity contribution in [3.8, 4) is 0 Å². The van der Waals surface area contributed by atoms with Gasteiger partial charge in [-0.25, -0.2) is 9.78 Å². The van der Waals surface area contributed by atoms with Gasteiger partial charge in [-0.15, -0.1) is 0 Å². The molecule has 0 radical (unpaired) electrons. The number of benzene rings is 1. The van der Waals surface area contributed by atoms with E-state index in [2.05, 4.69) is 20.9 Å². The lowest BCUT2D eigenvalue weighted by atomic mass is 10.2. The molecule has 152 valence electrons. The van der Waals surface area contributed by atoms with E-state index in [-0.39, 0.29) is 17.7 Å². The molecule has 0 atom stereocenters. The molecule has 0 spiro atoms. The highest BCUT2D eigenvalue weighted by Gasteiger charge is 2.09. The topological polar surface area (TPSA) is 101 Å². The van der Waals surface area contributed by atoms with E-state index in [1.807, 2.05) is 47.9 Å². The quantitative estimate of drug-likeness (QED) is 0.459. The molecule has 4 aromatic rings. The third-order valence-corrected chi connectivity index (χ3v) is 4.56. The van der Waals surface area contributed by atoms with Crippen LogP contribution in [-0.4, -0.2) is 21.3 Å². The number of fused-ring (bicyclic) bond motifs is 1. The molecule has 0 bridgehead atoms. The monoisotopic (exact) mass is 403 g/mol. The van der Waals surface area contributed by atoms with Crippen LogP contribution in [0.15, 0.2) is 71.5 Å². The summed E-state index contributed by atoms with van der Waals surface area (Å²) in [7, 11) is 0. The fourth-order valence-corrected chi connectivity index (χ4v) is 3.06. The number of rotatable bonds is 6. The standard InChI is InChI=1S/C22H21N5O3/c1-15-5-2-9-20-25-18(14-27(15)20)13-24-22(29)23-12-16-6-3-7-17(11-16)26-21(28)19-8-4-10-30-19/h2-11,14H,12-13H2,1H3,(H,26,28)(H2,23,24,29). The van der Waals surface area contributed by atoms with Gasteiger partial charge in [0.1, 0.15) is 5.65 Å². The van der Waals surface area contributed by atoms with E-state index in [1.165, 1.54) is 6.26 Å². The molecule has 8 nitrogen and oxygen atoms in total. The van der Waals surface area contributed by atoms with E-state index < -0.39 is 0 Å². The summed E-state index contributed by atoms with van der Waals surface area (Å²) in [5, 5.41) is 8.38. The largest absolute Gasteiger partial charge is 0.459 e. The Labute approximate surface area is 172 Å². The third kappa shape index (κ3) is 4.49. The molecule has 0 fully saturated rings. The average molecular weight is 403 g/mol. The first-order valence-corrected chi connectivity index (χ1v) is 9.47. The maximum absolute atomic E-state index is 12.2. The van der Waals surface area contributed by atoms with Crippen LogP contribution in [0.2, 0.25) is 0 Å². The number of imidazole rings is 1. The molecule has 0 saturated carbocycles. The average Bonchev–Trinajstić information content (AvgIpc) is 3.41. The van der Waals surface area contributed by atoms with Crippen LogP contribution in [-0.2, 0) is 13.1 Å². The van der Waals surface area contributed by atoms with Crippen molar-refractivity contribution in [3.05, 3.63) is 89.8 Å². The normalized spacial score (nSPS) is 10.7. The fraction of sp³-hybridized carbons (Fsp3) is 0.136. The number of urea groups is 1. The Balaban J connectivity index is 1.29. The lowest BCUT2D eigenvalue weighted by Crippen LogP contribution is -2.34. The molecular formula is C22H21N5O3. The van der Waals surface area contributed by atoms with Gasteiger partial charge in [-0.3, -0.25) is 4.79 Å². The molecule has 3 amide bonds. The van der Waals surface area contributed by atoms with Crippen LogP contribution in [0.3, 0.4) is 0 Å². The molecule has 0 aliphatic rings. The lowest BCUT2D eigenvalue weighted by molar-refractivity contribution is 0.0996. The predicted molar refractivity (Wildman–Crippen MR) is 112 cm³/mol. The molecule has 4 rings (SSSR count). The first-order chi connectivity index (χ1) is 14.6. The smallest absolute Gasteiger partial charge is 0.315 e. The molecule has 0 unspecified atom stereocenters. The number of aromatic nitrogens is 2. The van der Waals surface area contributed by atoms with Crippen molar-refractivity contribution >= 4 is 23.3 Å². The minimum atomic E-state index is -0.328. The SMILES string of the molecule is Cc1cccc2nc(CNC(=O)NCc3cccc(NC(=O)c4ccco4)c3)cn12. The first kappa shape index (κ1) is 19.3. The number of nitrogens with zero attached hydrogens (tertiary/aromatic N) is 2. The zero-order chi connectivity index (χ0) is 20.9. The van der Waals surface area contributed by atoms with Gasteiger partial charge in [0, 0.05) is 24.1 Å². The lowest BCUT2D eigenvalue weighted by Gasteiger charge is -2.09. The summed E-state index contributed by atoms with van der Waals surface area (Å²) in [5.41, 5.74) is 4.18. The zero-order valence-corrected chi connectivity index (χ0v) is 16.4. The number of hydrogen-bond acceptors (Lipinski definition) is 4. The highest BCUT2D eigenvalue weighted by atomic mass is 16.3. The van der Waals surface area contributed by atoms with Crippen molar-refractivity contribution in [1.82, 2.24) is 20.0 Å². The second-order valence-corrected chi connectivity index (χ2v) is 6.80. The Morgan fingerprint density at radius 2 is 1.87 bits per heavy atom. The van der Waals surface area contributed by atoms with Crippen molar-refractivity contribution in [2.75, 3.05) is 5.32 Å². The number of pyridine rings is 1. The minimum Gasteiger partial charge on any atom is -0.459 e. The van der Waals surface area contributed by atoms with E-state index in [1.54, 1.807) is 24.3 Å². The van der Waals surface area contributed by atoms with Crippen LogP contribution >= 0.6 is 0 Å². The maximum Gasteiger partial charge on any atom is 0.315 e. The highest BCUT2D eigenvalue weighted by molar-refractivity contribution is 6.02. The fourth-order valence-electron chi connectivity index (χ4n) is 3.06. The minimum absolute atomic E-state index is 0.236. The van der Waals surface area contributed by atoms with E-state index >= 15 is 0 Å². The number of carbonyl (C=O) groups is 2. The molecule has 0 saturated heterocycles. The van der Waals surface area contributed by atoms with Crippen molar-refractivity contribution in [3.63, 3.8) is 0 Å². The number of aryl methyl sites for hydroxylation is 1. The molecule has 3 N–H and O–H groups in total. The predicted octanol–water partition coefficient (Wildman–Crippen LogP) is 3.49. The van der Waals surface area contributed by atoms with Crippen molar-refractivity contribution < 1.29 is 14.0 Å². The molecular weight excluding hydrogens is 382 g/mol. The summed E-state index contributed by atoms with van der Waals surface area (Å²) in [6.45, 7) is 2.65. The van der Waals surface area contributed by atoms with E-state index in [4.69, 9.17) is 4.42 Å². The number of nitrogens with one attached hydrogen (secondary N) is 3. The molecule has 30 heavy (non-hydrogen) atoms. The van der Waals surface area contributed by atoms with Crippen molar-refractivity contribution in [2.24, 2.45) is 0 Å². The second-order valence-electron chi connectivity index (χ2n) is 6.80. The van der Waals surface area contributed by atoms with E-state index in [0.29, 0.717) is 18.8 Å². The van der Waals surface area contributed by atoms with Gasteiger partial charge in [-0.2, -0.15) is 0 Å². The van der Waals surface area contributed by atoms with Gasteiger partial charge in [0.05, 0.1) is 18.5 Å². The molecule has 1 aromatic carbocycles. The van der Waals surface area contributed by atoms with Crippen LogP contribution in [0, 0.1) is 6.92 Å². The van der Waals surface area contributed by atoms with Gasteiger partial charge >= 0.3 is 6.03 Å². The number of hydrogen-bond donors (Lipinski definition) is 3. The van der Waals surface area contributed by atoms with Gasteiger partial charge < -0.3 is 24.8 Å². The summed E-state index contributed by atoms with van der Waals surface area (Å²) in [5.74, 6) is -0.0920. The van der Waals surface area contributed by atoms with Gasteiger partial charge in [0.15, 0.2) is 5.76 Å². The van der Waals surface area contributed by atoms with Crippen LogP contribution < -0.4 is 16.0 Å². The summed E-state index contributed by atoms with van der Waals surface area (Å²) in [4.78, 5) is 28.7. The van der Waals surface area contributed by atoms with Crippen LogP contribution in [0.1, 0.15) is 27.5 Å². The summed E-state index contributed by atoms with van der Waals surface area (Å²) >= 11 is 0. The van der Waals surface area contributed by atoms with Crippen LogP contribution in [0.4, 0.5) is 10.5 Å². The number of carbonyl (C=O) groups excluding carboxylic acids is 2. The van der Waals surface area contributed by atoms with Crippen LogP contribution in [0.5, 0.6) is 0 Å². The summed E-state index contributed by atoms with van der Waals surface area (Å²) < 4.78 is 7.07.